The second-order valence-electron chi connectivity index (χ2n) is 2.15. The fraction of sp³-hybridized carbons (Fsp3) is 0.125. The monoisotopic (exact) mass is 147 g/mol. The average molecular weight is 147 g/mol. The predicted molar refractivity (Wildman–Crippen MR) is 42.0 cm³/mol. The molecule has 48 valence electrons. The summed E-state index contributed by atoms with van der Waals surface area (Å²) in [6, 6.07) is 5.03. The van der Waals surface area contributed by atoms with Crippen molar-refractivity contribution in [3.05, 3.63) is 29.4 Å². The first-order chi connectivity index (χ1) is 4.86. The summed E-state index contributed by atoms with van der Waals surface area (Å²) in [5.74, 6) is 0. The SMILES string of the molecule is Cc1cc2sc#cc2cn1. The first-order valence-corrected chi connectivity index (χ1v) is 3.82. The van der Waals surface area contributed by atoms with Crippen molar-refractivity contribution in [3.63, 3.8) is 0 Å². The number of hydrogen-bond donors (Lipinski definition) is 0. The Hall–Kier alpha value is -1.07. The van der Waals surface area contributed by atoms with Crippen LogP contribution in [0.5, 0.6) is 0 Å². The second-order valence-corrected chi connectivity index (χ2v) is 3.00. The van der Waals surface area contributed by atoms with Gasteiger partial charge in [0.15, 0.2) is 0 Å². The fourth-order valence-electron chi connectivity index (χ4n) is 0.849. The maximum atomic E-state index is 4.13. The van der Waals surface area contributed by atoms with Crippen molar-refractivity contribution >= 4 is 21.4 Å². The molecule has 2 heteroatoms. The lowest BCUT2D eigenvalue weighted by Gasteiger charge is -1.88. The summed E-state index contributed by atoms with van der Waals surface area (Å²) >= 11 is 1.58. The highest BCUT2D eigenvalue weighted by Crippen LogP contribution is 2.15. The minimum atomic E-state index is 1.05. The molecule has 0 N–H and O–H groups in total. The maximum Gasteiger partial charge on any atom is 0.0619 e. The Balaban J connectivity index is 2.86. The summed E-state index contributed by atoms with van der Waals surface area (Å²) in [6.07, 6.45) is 1.83. The van der Waals surface area contributed by atoms with Gasteiger partial charge in [-0.3, -0.25) is 4.98 Å². The van der Waals surface area contributed by atoms with Gasteiger partial charge in [-0.15, -0.1) is 0 Å². The molecule has 0 atom stereocenters. The molecule has 0 aliphatic carbocycles. The fourth-order valence-corrected chi connectivity index (χ4v) is 1.56. The molecule has 0 bridgehead atoms. The van der Waals surface area contributed by atoms with Gasteiger partial charge in [-0.25, -0.2) is 0 Å². The molecule has 0 aliphatic heterocycles. The standard InChI is InChI=1S/C8H5NS/c1-6-4-8-7(5-9-6)2-3-10-8/h4-5H,1H3. The zero-order chi connectivity index (χ0) is 6.97. The van der Waals surface area contributed by atoms with E-state index in [1.54, 1.807) is 11.3 Å². The zero-order valence-corrected chi connectivity index (χ0v) is 6.33. The van der Waals surface area contributed by atoms with Gasteiger partial charge < -0.3 is 0 Å². The Morgan fingerprint density at radius 2 is 2.50 bits per heavy atom. The highest BCUT2D eigenvalue weighted by Gasteiger charge is 1.92. The van der Waals surface area contributed by atoms with Crippen molar-refractivity contribution in [1.29, 1.82) is 0 Å². The first-order valence-electron chi connectivity index (χ1n) is 3.01. The molecule has 2 aromatic heterocycles. The molecular formula is C8H5NS. The van der Waals surface area contributed by atoms with Gasteiger partial charge in [-0.1, -0.05) is 11.3 Å². The molecule has 0 fully saturated rings. The minimum absolute atomic E-state index is 1.05. The van der Waals surface area contributed by atoms with Crippen LogP contribution >= 0.6 is 11.3 Å². The lowest BCUT2D eigenvalue weighted by atomic mass is 10.3. The topological polar surface area (TPSA) is 12.9 Å². The highest BCUT2D eigenvalue weighted by molar-refractivity contribution is 7.16. The van der Waals surface area contributed by atoms with Gasteiger partial charge in [0, 0.05) is 11.9 Å². The number of fused-ring (bicyclic) bond motifs is 1. The molecule has 0 unspecified atom stereocenters. The number of rotatable bonds is 0. The van der Waals surface area contributed by atoms with E-state index in [2.05, 4.69) is 16.4 Å². The van der Waals surface area contributed by atoms with Crippen LogP contribution < -0.4 is 0 Å². The van der Waals surface area contributed by atoms with Gasteiger partial charge in [-0.05, 0) is 24.4 Å². The molecule has 0 aliphatic rings. The second kappa shape index (κ2) is 1.96. The summed E-state index contributed by atoms with van der Waals surface area (Å²) < 4.78 is 1.22. The van der Waals surface area contributed by atoms with Crippen LogP contribution in [0.15, 0.2) is 12.3 Å². The van der Waals surface area contributed by atoms with Gasteiger partial charge in [0.1, 0.15) is 0 Å². The molecule has 0 saturated heterocycles. The average Bonchev–Trinajstić information content (AvgIpc) is 2.33. The molecule has 2 rings (SSSR count). The van der Waals surface area contributed by atoms with Crippen molar-refractivity contribution in [2.24, 2.45) is 0 Å². The molecule has 2 heterocycles. The Morgan fingerprint density at radius 3 is 3.40 bits per heavy atom. The van der Waals surface area contributed by atoms with Crippen LogP contribution in [0.25, 0.3) is 10.1 Å². The van der Waals surface area contributed by atoms with Crippen LogP contribution in [-0.2, 0) is 0 Å². The Bertz CT molecular complexity index is 351. The highest BCUT2D eigenvalue weighted by atomic mass is 32.1. The Kier molecular flexibility index (Phi) is 1.12. The third-order valence-electron chi connectivity index (χ3n) is 1.35. The van der Waals surface area contributed by atoms with Gasteiger partial charge >= 0.3 is 0 Å². The van der Waals surface area contributed by atoms with Crippen molar-refractivity contribution in [1.82, 2.24) is 4.98 Å². The van der Waals surface area contributed by atoms with Crippen LogP contribution in [0, 0.1) is 18.4 Å². The molecule has 0 amide bonds. The number of hydrogen-bond acceptors (Lipinski definition) is 2. The predicted octanol–water partition coefficient (Wildman–Crippen LogP) is 2.21. The number of aryl methyl sites for hydroxylation is 1. The van der Waals surface area contributed by atoms with Gasteiger partial charge in [0.2, 0.25) is 0 Å². The largest absolute Gasteiger partial charge is 0.260 e. The minimum Gasteiger partial charge on any atom is -0.260 e. The van der Waals surface area contributed by atoms with E-state index in [9.17, 15) is 0 Å². The van der Waals surface area contributed by atoms with E-state index in [-0.39, 0.29) is 0 Å². The summed E-state index contributed by atoms with van der Waals surface area (Å²) in [5, 5.41) is 4.01. The molecule has 10 heavy (non-hydrogen) atoms. The third kappa shape index (κ3) is 0.758. The van der Waals surface area contributed by atoms with Crippen LogP contribution in [-0.4, -0.2) is 4.98 Å². The summed E-state index contributed by atoms with van der Waals surface area (Å²) in [4.78, 5) is 4.13. The van der Waals surface area contributed by atoms with Gasteiger partial charge in [0.25, 0.3) is 0 Å². The molecule has 1 nitrogen and oxygen atoms in total. The third-order valence-corrected chi connectivity index (χ3v) is 2.11. The van der Waals surface area contributed by atoms with E-state index in [0.29, 0.717) is 0 Å². The normalized spacial score (nSPS) is 9.70. The van der Waals surface area contributed by atoms with E-state index in [4.69, 9.17) is 0 Å². The van der Waals surface area contributed by atoms with E-state index in [1.165, 1.54) is 4.70 Å². The van der Waals surface area contributed by atoms with Crippen molar-refractivity contribution in [2.45, 2.75) is 6.92 Å². The molecule has 0 radical (unpaired) electrons. The Labute approximate surface area is 63.3 Å². The van der Waals surface area contributed by atoms with Crippen molar-refractivity contribution in [2.75, 3.05) is 0 Å². The molecule has 0 aromatic carbocycles. The van der Waals surface area contributed by atoms with Crippen molar-refractivity contribution < 1.29 is 0 Å². The number of pyridine rings is 1. The quantitative estimate of drug-likeness (QED) is 0.556. The zero-order valence-electron chi connectivity index (χ0n) is 5.51. The van der Waals surface area contributed by atoms with E-state index in [1.807, 2.05) is 19.2 Å². The molecule has 2 aromatic rings. The lowest BCUT2D eigenvalue weighted by molar-refractivity contribution is 1.23. The van der Waals surface area contributed by atoms with Crippen molar-refractivity contribution in [3.8, 4) is 0 Å². The van der Waals surface area contributed by atoms with E-state index in [0.717, 1.165) is 11.1 Å². The van der Waals surface area contributed by atoms with Gasteiger partial charge in [0.05, 0.1) is 10.1 Å². The smallest absolute Gasteiger partial charge is 0.0619 e. The van der Waals surface area contributed by atoms with Gasteiger partial charge in [-0.2, -0.15) is 0 Å². The molecule has 0 saturated carbocycles. The van der Waals surface area contributed by atoms with Crippen LogP contribution in [0.2, 0.25) is 0 Å². The summed E-state index contributed by atoms with van der Waals surface area (Å²) in [5.41, 5.74) is 1.05. The molecule has 0 spiro atoms. The van der Waals surface area contributed by atoms with Crippen LogP contribution in [0.4, 0.5) is 0 Å². The van der Waals surface area contributed by atoms with E-state index < -0.39 is 0 Å². The number of aromatic nitrogens is 1. The molecular weight excluding hydrogens is 142 g/mol. The van der Waals surface area contributed by atoms with Crippen LogP contribution in [0.3, 0.4) is 0 Å². The Morgan fingerprint density at radius 1 is 1.60 bits per heavy atom. The lowest BCUT2D eigenvalue weighted by Crippen LogP contribution is -1.75. The number of nitrogens with zero attached hydrogens (tertiary/aromatic N) is 1. The summed E-state index contributed by atoms with van der Waals surface area (Å²) in [7, 11) is 0. The summed E-state index contributed by atoms with van der Waals surface area (Å²) in [6.45, 7) is 1.99. The first kappa shape index (κ1) is 5.70. The maximum absolute atomic E-state index is 4.13. The van der Waals surface area contributed by atoms with Crippen LogP contribution in [0.1, 0.15) is 5.69 Å². The van der Waals surface area contributed by atoms with E-state index >= 15 is 0 Å².